The van der Waals surface area contributed by atoms with Crippen LogP contribution in [0.1, 0.15) is 37.4 Å². The average molecular weight is 453 g/mol. The van der Waals surface area contributed by atoms with Crippen LogP contribution in [0.25, 0.3) is 10.8 Å². The molecule has 0 saturated heterocycles. The van der Waals surface area contributed by atoms with Gasteiger partial charge in [-0.15, -0.1) is 0 Å². The van der Waals surface area contributed by atoms with Crippen LogP contribution in [0.2, 0.25) is 0 Å². The van der Waals surface area contributed by atoms with E-state index in [-0.39, 0.29) is 16.9 Å². The molecule has 34 heavy (non-hydrogen) atoms. The molecule has 0 aliphatic carbocycles. The molecule has 168 valence electrons. The summed E-state index contributed by atoms with van der Waals surface area (Å²) in [7, 11) is 3.84. The Hall–Kier alpha value is -4.52. The Morgan fingerprint density at radius 1 is 0.912 bits per heavy atom. The van der Waals surface area contributed by atoms with Gasteiger partial charge in [0, 0.05) is 47.9 Å². The highest BCUT2D eigenvalue weighted by atomic mass is 16.6. The van der Waals surface area contributed by atoms with E-state index in [0.717, 1.165) is 16.5 Å². The molecule has 6 rings (SSSR count). The maximum absolute atomic E-state index is 13.1. The van der Waals surface area contributed by atoms with Gasteiger partial charge in [-0.25, -0.2) is 9.59 Å². The number of carbonyl (C=O) groups is 2. The molecular formula is C27H19NO6. The summed E-state index contributed by atoms with van der Waals surface area (Å²) >= 11 is 0. The number of phenolic OH excluding ortho intramolecular Hbond substituents is 1. The summed E-state index contributed by atoms with van der Waals surface area (Å²) in [6.07, 6.45) is 0. The lowest BCUT2D eigenvalue weighted by atomic mass is 9.76. The van der Waals surface area contributed by atoms with E-state index in [1.807, 2.05) is 49.3 Å². The average Bonchev–Trinajstić information content (AvgIpc) is 3.10. The maximum Gasteiger partial charge on any atom is 0.340 e. The zero-order valence-corrected chi connectivity index (χ0v) is 18.3. The minimum atomic E-state index is -1.30. The number of anilines is 1. The third-order valence-electron chi connectivity index (χ3n) is 6.52. The molecule has 1 unspecified atom stereocenters. The Bertz CT molecular complexity index is 1560. The first-order chi connectivity index (χ1) is 16.3. The second-order valence-electron chi connectivity index (χ2n) is 8.66. The zero-order chi connectivity index (χ0) is 23.8. The first-order valence-corrected chi connectivity index (χ1v) is 10.7. The Morgan fingerprint density at radius 3 is 2.44 bits per heavy atom. The molecule has 1 spiro atoms. The summed E-state index contributed by atoms with van der Waals surface area (Å²) in [5.41, 5.74) is 1.66. The smallest absolute Gasteiger partial charge is 0.340 e. The van der Waals surface area contributed by atoms with Crippen molar-refractivity contribution >= 4 is 28.4 Å². The van der Waals surface area contributed by atoms with E-state index in [4.69, 9.17) is 9.47 Å². The largest absolute Gasteiger partial charge is 0.508 e. The van der Waals surface area contributed by atoms with Crippen molar-refractivity contribution in [2.75, 3.05) is 19.0 Å². The van der Waals surface area contributed by atoms with Gasteiger partial charge in [0.2, 0.25) is 0 Å². The molecule has 2 aliphatic heterocycles. The number of aromatic carboxylic acids is 1. The fraction of sp³-hybridized carbons (Fsp3) is 0.111. The highest BCUT2D eigenvalue weighted by Crippen LogP contribution is 2.58. The molecule has 7 heteroatoms. The van der Waals surface area contributed by atoms with Gasteiger partial charge in [-0.05, 0) is 53.9 Å². The number of hydrogen-bond acceptors (Lipinski definition) is 6. The zero-order valence-electron chi connectivity index (χ0n) is 18.3. The minimum Gasteiger partial charge on any atom is -0.508 e. The second-order valence-corrected chi connectivity index (χ2v) is 8.66. The molecule has 4 aromatic rings. The normalized spacial score (nSPS) is 17.5. The molecule has 0 saturated carbocycles. The van der Waals surface area contributed by atoms with Crippen LogP contribution in [0.15, 0.2) is 66.7 Å². The van der Waals surface area contributed by atoms with Crippen LogP contribution in [-0.4, -0.2) is 36.2 Å². The number of rotatable bonds is 2. The van der Waals surface area contributed by atoms with Crippen LogP contribution in [0, 0.1) is 0 Å². The molecule has 4 aromatic carbocycles. The Balaban J connectivity index is 1.71. The lowest BCUT2D eigenvalue weighted by Crippen LogP contribution is -2.33. The van der Waals surface area contributed by atoms with Crippen LogP contribution in [0.5, 0.6) is 17.2 Å². The quantitative estimate of drug-likeness (QED) is 0.418. The maximum atomic E-state index is 13.1. The third kappa shape index (κ3) is 2.58. The van der Waals surface area contributed by atoms with Gasteiger partial charge in [-0.2, -0.15) is 0 Å². The molecule has 0 amide bonds. The number of carboxylic acids is 1. The first kappa shape index (κ1) is 20.1. The number of benzene rings is 4. The predicted octanol–water partition coefficient (Wildman–Crippen LogP) is 4.88. The summed E-state index contributed by atoms with van der Waals surface area (Å²) in [4.78, 5) is 26.6. The van der Waals surface area contributed by atoms with Gasteiger partial charge in [-0.1, -0.05) is 12.1 Å². The summed E-state index contributed by atoms with van der Waals surface area (Å²) in [5, 5.41) is 20.9. The Morgan fingerprint density at radius 2 is 1.68 bits per heavy atom. The molecule has 7 nitrogen and oxygen atoms in total. The number of hydrogen-bond donors (Lipinski definition) is 2. The van der Waals surface area contributed by atoms with Gasteiger partial charge < -0.3 is 24.6 Å². The van der Waals surface area contributed by atoms with Gasteiger partial charge in [-0.3, -0.25) is 0 Å². The van der Waals surface area contributed by atoms with Crippen LogP contribution in [0.4, 0.5) is 5.69 Å². The SMILES string of the molecule is CN(C)c1ccc2c(c1)Oc1c(ccc3cc(O)ccc13)C21OC(=O)c2cc(C(=O)O)ccc21. The number of aromatic hydroxyl groups is 1. The number of esters is 1. The Kier molecular flexibility index (Phi) is 3.99. The fourth-order valence-electron chi connectivity index (χ4n) is 4.90. The highest BCUT2D eigenvalue weighted by molar-refractivity contribution is 6.01. The molecule has 2 heterocycles. The molecule has 0 bridgehead atoms. The molecule has 1 atom stereocenters. The van der Waals surface area contributed by atoms with E-state index in [9.17, 15) is 19.8 Å². The predicted molar refractivity (Wildman–Crippen MR) is 125 cm³/mol. The van der Waals surface area contributed by atoms with Gasteiger partial charge in [0.15, 0.2) is 5.60 Å². The Labute approximate surface area is 194 Å². The van der Waals surface area contributed by atoms with Crippen molar-refractivity contribution in [3.8, 4) is 17.2 Å². The van der Waals surface area contributed by atoms with E-state index in [1.165, 1.54) is 12.1 Å². The number of fused-ring (bicyclic) bond motifs is 8. The van der Waals surface area contributed by atoms with Crippen LogP contribution < -0.4 is 9.64 Å². The van der Waals surface area contributed by atoms with Crippen LogP contribution >= 0.6 is 0 Å². The molecule has 0 radical (unpaired) electrons. The summed E-state index contributed by atoms with van der Waals surface area (Å²) in [5.74, 6) is -0.539. The van der Waals surface area contributed by atoms with Crippen molar-refractivity contribution in [1.82, 2.24) is 0 Å². The van der Waals surface area contributed by atoms with Crippen molar-refractivity contribution in [1.29, 1.82) is 0 Å². The fourth-order valence-corrected chi connectivity index (χ4v) is 4.90. The molecule has 2 N–H and O–H groups in total. The molecule has 0 aromatic heterocycles. The standard InChI is InChI=1S/C27H19NO6/c1-28(2)16-5-10-21-23(13-16)33-24-18-7-6-17(29)11-14(18)3-9-22(24)27(21)20-8-4-15(25(30)31)12-19(20)26(32)34-27/h3-13,29H,1-2H3,(H,30,31). The van der Waals surface area contributed by atoms with Gasteiger partial charge in [0.25, 0.3) is 0 Å². The van der Waals surface area contributed by atoms with Crippen molar-refractivity contribution in [2.24, 2.45) is 0 Å². The lowest BCUT2D eigenvalue weighted by molar-refractivity contribution is 0.0225. The summed E-state index contributed by atoms with van der Waals surface area (Å²) < 4.78 is 12.6. The molecular weight excluding hydrogens is 434 g/mol. The summed E-state index contributed by atoms with van der Waals surface area (Å²) in [6.45, 7) is 0. The number of ether oxygens (including phenoxy) is 2. The number of carbonyl (C=O) groups excluding carboxylic acids is 1. The van der Waals surface area contributed by atoms with Crippen molar-refractivity contribution in [3.63, 3.8) is 0 Å². The topological polar surface area (TPSA) is 96.3 Å². The van der Waals surface area contributed by atoms with Crippen molar-refractivity contribution in [2.45, 2.75) is 5.60 Å². The van der Waals surface area contributed by atoms with Crippen LogP contribution in [0.3, 0.4) is 0 Å². The van der Waals surface area contributed by atoms with E-state index in [1.54, 1.807) is 24.3 Å². The third-order valence-corrected chi connectivity index (χ3v) is 6.52. The second kappa shape index (κ2) is 6.74. The summed E-state index contributed by atoms with van der Waals surface area (Å²) in [6, 6.07) is 18.8. The monoisotopic (exact) mass is 453 g/mol. The van der Waals surface area contributed by atoms with Gasteiger partial charge in [0.05, 0.1) is 11.1 Å². The van der Waals surface area contributed by atoms with Gasteiger partial charge in [0.1, 0.15) is 17.2 Å². The highest BCUT2D eigenvalue weighted by Gasteiger charge is 2.54. The first-order valence-electron chi connectivity index (χ1n) is 10.7. The molecule has 0 fully saturated rings. The van der Waals surface area contributed by atoms with E-state index in [2.05, 4.69) is 0 Å². The van der Waals surface area contributed by atoms with Crippen LogP contribution in [-0.2, 0) is 10.3 Å². The van der Waals surface area contributed by atoms with Crippen molar-refractivity contribution in [3.05, 3.63) is 94.5 Å². The van der Waals surface area contributed by atoms with E-state index in [0.29, 0.717) is 28.2 Å². The lowest BCUT2D eigenvalue weighted by Gasteiger charge is -2.37. The van der Waals surface area contributed by atoms with Gasteiger partial charge >= 0.3 is 11.9 Å². The minimum absolute atomic E-state index is 0.0113. The number of nitrogens with zero attached hydrogens (tertiary/aromatic N) is 1. The van der Waals surface area contributed by atoms with Crippen molar-refractivity contribution < 1.29 is 29.3 Å². The number of carboxylic acid groups (broad SMARTS) is 1. The number of phenols is 1. The molecule has 2 aliphatic rings. The van der Waals surface area contributed by atoms with E-state index < -0.39 is 17.5 Å². The van der Waals surface area contributed by atoms with E-state index >= 15 is 0 Å².